The zero-order chi connectivity index (χ0) is 12.3. The van der Waals surface area contributed by atoms with Crippen molar-refractivity contribution in [2.45, 2.75) is 19.9 Å². The van der Waals surface area contributed by atoms with Gasteiger partial charge in [-0.25, -0.2) is 0 Å². The first-order chi connectivity index (χ1) is 8.15. The number of anilines is 2. The molecule has 0 unspecified atom stereocenters. The minimum absolute atomic E-state index is 0.123. The van der Waals surface area contributed by atoms with Crippen LogP contribution in [0.15, 0.2) is 30.3 Å². The van der Waals surface area contributed by atoms with E-state index < -0.39 is 0 Å². The molecule has 2 rings (SSSR count). The molecule has 1 aromatic heterocycles. The van der Waals surface area contributed by atoms with Crippen molar-refractivity contribution in [3.8, 4) is 0 Å². The third-order valence-corrected chi connectivity index (χ3v) is 2.41. The third-order valence-electron chi connectivity index (χ3n) is 2.41. The van der Waals surface area contributed by atoms with Crippen molar-refractivity contribution in [2.75, 3.05) is 11.1 Å². The molecular formula is C12H15N5. The Morgan fingerprint density at radius 1 is 1.12 bits per heavy atom. The van der Waals surface area contributed by atoms with E-state index in [1.54, 1.807) is 6.92 Å². The maximum atomic E-state index is 5.57. The number of aromatic nitrogens is 3. The number of nitrogen functional groups attached to an aromatic ring is 1. The molecule has 1 atom stereocenters. The average Bonchev–Trinajstić information content (AvgIpc) is 2.28. The molecule has 88 valence electrons. The molecule has 3 N–H and O–H groups in total. The molecule has 1 heterocycles. The van der Waals surface area contributed by atoms with Gasteiger partial charge in [-0.15, -0.1) is 0 Å². The van der Waals surface area contributed by atoms with Crippen LogP contribution in [0.5, 0.6) is 0 Å². The molecule has 0 amide bonds. The van der Waals surface area contributed by atoms with Gasteiger partial charge in [0.15, 0.2) is 0 Å². The van der Waals surface area contributed by atoms with E-state index in [0.717, 1.165) is 0 Å². The van der Waals surface area contributed by atoms with Crippen LogP contribution in [0, 0.1) is 6.92 Å². The zero-order valence-corrected chi connectivity index (χ0v) is 9.88. The Labute approximate surface area is 100 Å². The lowest BCUT2D eigenvalue weighted by atomic mass is 10.1. The molecule has 0 aliphatic heterocycles. The van der Waals surface area contributed by atoms with E-state index in [2.05, 4.69) is 32.4 Å². The Bertz CT molecular complexity index is 477. The van der Waals surface area contributed by atoms with E-state index in [1.807, 2.05) is 25.1 Å². The quantitative estimate of drug-likeness (QED) is 0.841. The number of rotatable bonds is 3. The summed E-state index contributed by atoms with van der Waals surface area (Å²) in [6.45, 7) is 3.83. The Hall–Kier alpha value is -2.17. The summed E-state index contributed by atoms with van der Waals surface area (Å²) in [5.41, 5.74) is 6.74. The fourth-order valence-corrected chi connectivity index (χ4v) is 1.59. The van der Waals surface area contributed by atoms with Gasteiger partial charge < -0.3 is 11.1 Å². The second-order valence-electron chi connectivity index (χ2n) is 3.84. The lowest BCUT2D eigenvalue weighted by Crippen LogP contribution is -2.11. The van der Waals surface area contributed by atoms with Gasteiger partial charge in [0.2, 0.25) is 11.9 Å². The highest BCUT2D eigenvalue weighted by Crippen LogP contribution is 2.16. The summed E-state index contributed by atoms with van der Waals surface area (Å²) in [7, 11) is 0. The van der Waals surface area contributed by atoms with Crippen molar-refractivity contribution in [1.82, 2.24) is 15.0 Å². The van der Waals surface area contributed by atoms with E-state index in [9.17, 15) is 0 Å². The Morgan fingerprint density at radius 2 is 1.82 bits per heavy atom. The minimum Gasteiger partial charge on any atom is -0.368 e. The molecule has 0 radical (unpaired) electrons. The highest BCUT2D eigenvalue weighted by molar-refractivity contribution is 5.34. The Morgan fingerprint density at radius 3 is 2.47 bits per heavy atom. The number of nitrogens with two attached hydrogens (primary N) is 1. The summed E-state index contributed by atoms with van der Waals surface area (Å²) < 4.78 is 0. The molecule has 5 nitrogen and oxygen atoms in total. The van der Waals surface area contributed by atoms with Gasteiger partial charge in [-0.05, 0) is 19.4 Å². The first-order valence-electron chi connectivity index (χ1n) is 5.45. The monoisotopic (exact) mass is 229 g/mol. The summed E-state index contributed by atoms with van der Waals surface area (Å²) in [5.74, 6) is 1.35. The van der Waals surface area contributed by atoms with Gasteiger partial charge in [-0.3, -0.25) is 0 Å². The molecule has 0 bridgehead atoms. The van der Waals surface area contributed by atoms with Crippen molar-refractivity contribution in [3.63, 3.8) is 0 Å². The van der Waals surface area contributed by atoms with Gasteiger partial charge in [0, 0.05) is 0 Å². The first-order valence-corrected chi connectivity index (χ1v) is 5.45. The second-order valence-corrected chi connectivity index (χ2v) is 3.84. The predicted molar refractivity (Wildman–Crippen MR) is 67.5 cm³/mol. The minimum atomic E-state index is 0.123. The van der Waals surface area contributed by atoms with Crippen LogP contribution in [0.25, 0.3) is 0 Å². The third kappa shape index (κ3) is 2.90. The summed E-state index contributed by atoms with van der Waals surface area (Å²) in [4.78, 5) is 12.2. The summed E-state index contributed by atoms with van der Waals surface area (Å²) in [5, 5.41) is 3.20. The highest BCUT2D eigenvalue weighted by Gasteiger charge is 2.07. The largest absolute Gasteiger partial charge is 0.368 e. The van der Waals surface area contributed by atoms with Crippen LogP contribution in [0.1, 0.15) is 24.4 Å². The summed E-state index contributed by atoms with van der Waals surface area (Å²) in [6.07, 6.45) is 0. The van der Waals surface area contributed by atoms with Gasteiger partial charge in [0.25, 0.3) is 0 Å². The van der Waals surface area contributed by atoms with E-state index in [4.69, 9.17) is 5.73 Å². The van der Waals surface area contributed by atoms with Crippen LogP contribution in [-0.2, 0) is 0 Å². The molecule has 0 fully saturated rings. The van der Waals surface area contributed by atoms with Crippen LogP contribution < -0.4 is 11.1 Å². The number of hydrogen-bond acceptors (Lipinski definition) is 5. The van der Waals surface area contributed by atoms with Crippen LogP contribution in [0.4, 0.5) is 11.9 Å². The number of nitrogens with one attached hydrogen (secondary N) is 1. The van der Waals surface area contributed by atoms with Gasteiger partial charge >= 0.3 is 0 Å². The Kier molecular flexibility index (Phi) is 3.18. The maximum absolute atomic E-state index is 5.57. The van der Waals surface area contributed by atoms with Crippen molar-refractivity contribution >= 4 is 11.9 Å². The number of aryl methyl sites for hydroxylation is 1. The fraction of sp³-hybridized carbons (Fsp3) is 0.250. The normalized spacial score (nSPS) is 12.1. The molecule has 0 spiro atoms. The second kappa shape index (κ2) is 4.78. The van der Waals surface area contributed by atoms with E-state index >= 15 is 0 Å². The summed E-state index contributed by atoms with van der Waals surface area (Å²) in [6, 6.07) is 10.2. The molecule has 17 heavy (non-hydrogen) atoms. The molecule has 0 saturated carbocycles. The van der Waals surface area contributed by atoms with Crippen molar-refractivity contribution in [1.29, 1.82) is 0 Å². The zero-order valence-electron chi connectivity index (χ0n) is 9.88. The molecule has 0 aliphatic rings. The van der Waals surface area contributed by atoms with E-state index in [1.165, 1.54) is 5.56 Å². The SMILES string of the molecule is Cc1nc(N)nc(N[C@H](C)c2ccccc2)n1. The van der Waals surface area contributed by atoms with Crippen molar-refractivity contribution in [3.05, 3.63) is 41.7 Å². The van der Waals surface area contributed by atoms with Crippen molar-refractivity contribution in [2.24, 2.45) is 0 Å². The van der Waals surface area contributed by atoms with Crippen LogP contribution in [-0.4, -0.2) is 15.0 Å². The maximum Gasteiger partial charge on any atom is 0.228 e. The average molecular weight is 229 g/mol. The Balaban J connectivity index is 2.16. The molecule has 0 aliphatic carbocycles. The molecule has 0 saturated heterocycles. The van der Waals surface area contributed by atoms with Gasteiger partial charge in [0.05, 0.1) is 6.04 Å². The number of nitrogens with zero attached hydrogens (tertiary/aromatic N) is 3. The molecular weight excluding hydrogens is 214 g/mol. The fourth-order valence-electron chi connectivity index (χ4n) is 1.59. The van der Waals surface area contributed by atoms with E-state index in [0.29, 0.717) is 11.8 Å². The van der Waals surface area contributed by atoms with Gasteiger partial charge in [-0.2, -0.15) is 15.0 Å². The van der Waals surface area contributed by atoms with Crippen molar-refractivity contribution < 1.29 is 0 Å². The predicted octanol–water partition coefficient (Wildman–Crippen LogP) is 1.94. The van der Waals surface area contributed by atoms with Crippen LogP contribution >= 0.6 is 0 Å². The lowest BCUT2D eigenvalue weighted by molar-refractivity contribution is 0.848. The van der Waals surface area contributed by atoms with Gasteiger partial charge in [0.1, 0.15) is 5.82 Å². The molecule has 2 aromatic rings. The standard InChI is InChI=1S/C12H15N5/c1-8(10-6-4-3-5-7-10)14-12-16-9(2)15-11(13)17-12/h3-8H,1-2H3,(H3,13,14,15,16,17)/t8-/m1/s1. The molecule has 1 aromatic carbocycles. The first kappa shape index (κ1) is 11.3. The smallest absolute Gasteiger partial charge is 0.228 e. The molecule has 5 heteroatoms. The number of hydrogen-bond donors (Lipinski definition) is 2. The van der Waals surface area contributed by atoms with Gasteiger partial charge in [-0.1, -0.05) is 30.3 Å². The summed E-state index contributed by atoms with van der Waals surface area (Å²) >= 11 is 0. The highest BCUT2D eigenvalue weighted by atomic mass is 15.2. The van der Waals surface area contributed by atoms with E-state index in [-0.39, 0.29) is 12.0 Å². The van der Waals surface area contributed by atoms with Crippen LogP contribution in [0.2, 0.25) is 0 Å². The van der Waals surface area contributed by atoms with Crippen LogP contribution in [0.3, 0.4) is 0 Å². The topological polar surface area (TPSA) is 76.7 Å². The lowest BCUT2D eigenvalue weighted by Gasteiger charge is -2.14. The number of benzene rings is 1.